The van der Waals surface area contributed by atoms with Crippen LogP contribution in [0.15, 0.2) is 24.3 Å². The van der Waals surface area contributed by atoms with Crippen molar-refractivity contribution in [2.24, 2.45) is 0 Å². The van der Waals surface area contributed by atoms with Gasteiger partial charge in [-0.15, -0.1) is 18.8 Å². The summed E-state index contributed by atoms with van der Waals surface area (Å²) >= 11 is 0. The van der Waals surface area contributed by atoms with Gasteiger partial charge in [0.15, 0.2) is 0 Å². The molecule has 88 valence electrons. The Hall–Kier alpha value is -1.18. The van der Waals surface area contributed by atoms with Gasteiger partial charge in [0.1, 0.15) is 0 Å². The number of halogens is 4. The first-order valence-electron chi connectivity index (χ1n) is 4.34. The highest BCUT2D eigenvalue weighted by atomic mass is 35.5. The second-order valence-corrected chi connectivity index (χ2v) is 3.06. The van der Waals surface area contributed by atoms with Crippen LogP contribution >= 0.6 is 12.4 Å². The van der Waals surface area contributed by atoms with Gasteiger partial charge in [-0.25, -0.2) is 0 Å². The van der Waals surface area contributed by atoms with Crippen molar-refractivity contribution in [2.45, 2.75) is 12.7 Å². The fourth-order valence-corrected chi connectivity index (χ4v) is 1.07. The van der Waals surface area contributed by atoms with E-state index in [0.717, 1.165) is 11.1 Å². The summed E-state index contributed by atoms with van der Waals surface area (Å²) in [6.45, 7) is -0.797. The summed E-state index contributed by atoms with van der Waals surface area (Å²) in [5.41, 5.74) is 1.49. The fourth-order valence-electron chi connectivity index (χ4n) is 1.07. The Bertz CT molecular complexity index is 351. The fraction of sp³-hybridized carbons (Fsp3) is 0.273. The Kier molecular flexibility index (Phi) is 5.94. The second-order valence-electron chi connectivity index (χ2n) is 3.06. The van der Waals surface area contributed by atoms with Crippen molar-refractivity contribution in [1.29, 1.82) is 0 Å². The lowest BCUT2D eigenvalue weighted by Gasteiger charge is -2.07. The maximum absolute atomic E-state index is 11.8. The number of rotatable bonds is 3. The molecule has 0 aliphatic heterocycles. The smallest absolute Gasteiger partial charge is 0.305 e. The summed E-state index contributed by atoms with van der Waals surface area (Å²) in [6, 6.07) is 6.81. The molecule has 0 radical (unpaired) electrons. The van der Waals surface area contributed by atoms with Gasteiger partial charge in [0, 0.05) is 12.1 Å². The molecule has 0 unspecified atom stereocenters. The van der Waals surface area contributed by atoms with Crippen LogP contribution in [-0.4, -0.2) is 12.7 Å². The molecule has 1 rings (SSSR count). The van der Waals surface area contributed by atoms with Gasteiger partial charge in [-0.05, 0) is 17.7 Å². The topological polar surface area (TPSA) is 12.0 Å². The number of hydrogen-bond acceptors (Lipinski definition) is 1. The van der Waals surface area contributed by atoms with Crippen molar-refractivity contribution in [3.05, 3.63) is 35.4 Å². The third-order valence-electron chi connectivity index (χ3n) is 1.78. The Morgan fingerprint density at radius 3 is 2.19 bits per heavy atom. The van der Waals surface area contributed by atoms with Gasteiger partial charge in [-0.1, -0.05) is 18.1 Å². The molecule has 0 spiro atoms. The van der Waals surface area contributed by atoms with Gasteiger partial charge >= 0.3 is 6.18 Å². The molecule has 16 heavy (non-hydrogen) atoms. The molecule has 0 aliphatic rings. The minimum absolute atomic E-state index is 0. The number of hydrogen-bond donors (Lipinski definition) is 1. The summed E-state index contributed by atoms with van der Waals surface area (Å²) in [4.78, 5) is 0. The van der Waals surface area contributed by atoms with Crippen molar-refractivity contribution in [1.82, 2.24) is 5.32 Å². The summed E-state index contributed by atoms with van der Waals surface area (Å²) < 4.78 is 35.4. The standard InChI is InChI=1S/C11H10F3N.ClH/c1-2-9-3-5-10(6-4-9)7-15-8-11(12,13)14;/h1,3-6,15H,7-8H2;1H. The Morgan fingerprint density at radius 1 is 1.19 bits per heavy atom. The van der Waals surface area contributed by atoms with E-state index in [2.05, 4.69) is 11.2 Å². The van der Waals surface area contributed by atoms with Gasteiger partial charge in [0.2, 0.25) is 0 Å². The van der Waals surface area contributed by atoms with E-state index in [1.807, 2.05) is 0 Å². The van der Waals surface area contributed by atoms with E-state index in [1.165, 1.54) is 0 Å². The number of terminal acetylenes is 1. The first kappa shape index (κ1) is 14.8. The summed E-state index contributed by atoms with van der Waals surface area (Å²) in [5, 5.41) is 2.30. The van der Waals surface area contributed by atoms with Crippen LogP contribution in [0.3, 0.4) is 0 Å². The molecule has 1 aromatic carbocycles. The Labute approximate surface area is 98.5 Å². The summed E-state index contributed by atoms with van der Waals surface area (Å²) in [7, 11) is 0. The normalized spacial score (nSPS) is 10.4. The lowest BCUT2D eigenvalue weighted by molar-refractivity contribution is -0.125. The molecule has 5 heteroatoms. The molecule has 0 saturated carbocycles. The average molecular weight is 250 g/mol. The monoisotopic (exact) mass is 249 g/mol. The van der Waals surface area contributed by atoms with Gasteiger partial charge in [-0.2, -0.15) is 13.2 Å². The van der Waals surface area contributed by atoms with Crippen LogP contribution in [0.1, 0.15) is 11.1 Å². The molecule has 1 nitrogen and oxygen atoms in total. The highest BCUT2D eigenvalue weighted by molar-refractivity contribution is 5.85. The van der Waals surface area contributed by atoms with E-state index < -0.39 is 12.7 Å². The zero-order valence-corrected chi connectivity index (χ0v) is 9.16. The number of nitrogens with one attached hydrogen (secondary N) is 1. The van der Waals surface area contributed by atoms with E-state index in [-0.39, 0.29) is 19.0 Å². The molecule has 0 aromatic heterocycles. The maximum Gasteiger partial charge on any atom is 0.401 e. The molecule has 0 fully saturated rings. The van der Waals surface area contributed by atoms with Crippen LogP contribution in [0.4, 0.5) is 13.2 Å². The SMILES string of the molecule is C#Cc1ccc(CNCC(F)(F)F)cc1.Cl. The van der Waals surface area contributed by atoms with Gasteiger partial charge in [-0.3, -0.25) is 0 Å². The van der Waals surface area contributed by atoms with E-state index >= 15 is 0 Å². The number of benzene rings is 1. The third kappa shape index (κ3) is 5.64. The van der Waals surface area contributed by atoms with E-state index in [9.17, 15) is 13.2 Å². The van der Waals surface area contributed by atoms with Crippen molar-refractivity contribution in [3.8, 4) is 12.3 Å². The first-order valence-corrected chi connectivity index (χ1v) is 4.34. The van der Waals surface area contributed by atoms with Crippen LogP contribution < -0.4 is 5.32 Å². The summed E-state index contributed by atoms with van der Waals surface area (Å²) in [6.07, 6.45) is 0.975. The van der Waals surface area contributed by atoms with Crippen LogP contribution in [-0.2, 0) is 6.54 Å². The van der Waals surface area contributed by atoms with Crippen LogP contribution in [0.5, 0.6) is 0 Å². The Balaban J connectivity index is 0.00000225. The average Bonchev–Trinajstić information content (AvgIpc) is 2.17. The predicted octanol–water partition coefficient (Wildman–Crippen LogP) is 2.74. The minimum Gasteiger partial charge on any atom is -0.305 e. The lowest BCUT2D eigenvalue weighted by atomic mass is 10.1. The molecule has 0 aliphatic carbocycles. The van der Waals surface area contributed by atoms with Gasteiger partial charge < -0.3 is 5.32 Å². The Morgan fingerprint density at radius 2 is 1.75 bits per heavy atom. The van der Waals surface area contributed by atoms with Gasteiger partial charge in [0.05, 0.1) is 6.54 Å². The minimum atomic E-state index is -4.17. The van der Waals surface area contributed by atoms with E-state index in [0.29, 0.717) is 0 Å². The molecule has 1 N–H and O–H groups in total. The molecular weight excluding hydrogens is 239 g/mol. The van der Waals surface area contributed by atoms with Crippen molar-refractivity contribution < 1.29 is 13.2 Å². The molecular formula is C11H11ClF3N. The third-order valence-corrected chi connectivity index (χ3v) is 1.78. The van der Waals surface area contributed by atoms with E-state index in [4.69, 9.17) is 6.42 Å². The molecule has 0 bridgehead atoms. The quantitative estimate of drug-likeness (QED) is 0.813. The van der Waals surface area contributed by atoms with Crippen LogP contribution in [0.2, 0.25) is 0 Å². The maximum atomic E-state index is 11.8. The molecule has 0 saturated heterocycles. The zero-order chi connectivity index (χ0) is 11.3. The zero-order valence-electron chi connectivity index (χ0n) is 8.34. The van der Waals surface area contributed by atoms with Crippen molar-refractivity contribution in [3.63, 3.8) is 0 Å². The highest BCUT2D eigenvalue weighted by Crippen LogP contribution is 2.12. The highest BCUT2D eigenvalue weighted by Gasteiger charge is 2.25. The van der Waals surface area contributed by atoms with Crippen molar-refractivity contribution in [2.75, 3.05) is 6.54 Å². The predicted molar refractivity (Wildman–Crippen MR) is 59.4 cm³/mol. The molecule has 0 amide bonds. The molecule has 0 heterocycles. The molecule has 0 atom stereocenters. The van der Waals surface area contributed by atoms with Crippen LogP contribution in [0, 0.1) is 12.3 Å². The van der Waals surface area contributed by atoms with E-state index in [1.54, 1.807) is 24.3 Å². The van der Waals surface area contributed by atoms with Gasteiger partial charge in [0.25, 0.3) is 0 Å². The lowest BCUT2D eigenvalue weighted by Crippen LogP contribution is -2.28. The van der Waals surface area contributed by atoms with Crippen molar-refractivity contribution >= 4 is 12.4 Å². The number of alkyl halides is 3. The van der Waals surface area contributed by atoms with Crippen LogP contribution in [0.25, 0.3) is 0 Å². The second kappa shape index (κ2) is 6.41. The first-order chi connectivity index (χ1) is 7.01. The largest absolute Gasteiger partial charge is 0.401 e. The summed E-state index contributed by atoms with van der Waals surface area (Å²) in [5.74, 6) is 2.43. The molecule has 1 aromatic rings.